The first kappa shape index (κ1) is 22.7. The van der Waals surface area contributed by atoms with E-state index in [9.17, 15) is 14.4 Å². The number of aromatic nitrogens is 5. The van der Waals surface area contributed by atoms with Gasteiger partial charge in [-0.3, -0.25) is 9.48 Å². The monoisotopic (exact) mass is 501 g/mol. The van der Waals surface area contributed by atoms with E-state index >= 15 is 0 Å². The highest BCUT2D eigenvalue weighted by Crippen LogP contribution is 2.45. The number of halogens is 1. The molecule has 6 rings (SSSR count). The van der Waals surface area contributed by atoms with Gasteiger partial charge in [-0.05, 0) is 49.8 Å². The molecule has 1 saturated heterocycles. The van der Waals surface area contributed by atoms with Crippen LogP contribution < -0.4 is 0 Å². The van der Waals surface area contributed by atoms with E-state index in [1.165, 1.54) is 24.0 Å². The molecule has 182 valence electrons. The number of likely N-dealkylation sites (tertiary alicyclic amines) is 1. The van der Waals surface area contributed by atoms with E-state index in [1.54, 1.807) is 23.7 Å². The van der Waals surface area contributed by atoms with Crippen LogP contribution >= 0.6 is 11.8 Å². The van der Waals surface area contributed by atoms with Crippen molar-refractivity contribution in [2.45, 2.75) is 42.7 Å². The Balaban J connectivity index is 1.35. The average molecular weight is 502 g/mol. The molecule has 1 saturated carbocycles. The highest BCUT2D eigenvalue weighted by Gasteiger charge is 2.42. The van der Waals surface area contributed by atoms with Crippen LogP contribution in [0, 0.1) is 35.9 Å². The molecular weight excluding hydrogens is 477 g/mol. The van der Waals surface area contributed by atoms with Gasteiger partial charge in [-0.15, -0.1) is 0 Å². The fourth-order valence-electron chi connectivity index (χ4n) is 5.74. The number of pyridine rings is 2. The minimum Gasteiger partial charge on any atom is -0.342 e. The molecular formula is C26H24FN7OS. The molecule has 1 aliphatic carbocycles. The number of carbonyl (C=O) groups excluding carboxylic acids is 1. The maximum Gasteiger partial charge on any atom is 0.219 e. The summed E-state index contributed by atoms with van der Waals surface area (Å²) in [5, 5.41) is 19.0. The van der Waals surface area contributed by atoms with Crippen LogP contribution in [0.2, 0.25) is 0 Å². The average Bonchev–Trinajstić information content (AvgIpc) is 3.62. The van der Waals surface area contributed by atoms with E-state index in [0.717, 1.165) is 42.8 Å². The Morgan fingerprint density at radius 1 is 1.22 bits per heavy atom. The van der Waals surface area contributed by atoms with Gasteiger partial charge in [0.25, 0.3) is 0 Å². The van der Waals surface area contributed by atoms with Crippen molar-refractivity contribution >= 4 is 23.2 Å². The number of nitrogens with zero attached hydrogens (tertiary/aromatic N) is 7. The molecule has 36 heavy (non-hydrogen) atoms. The molecule has 5 heterocycles. The number of carbonyl (C=O) groups is 1. The van der Waals surface area contributed by atoms with E-state index in [4.69, 9.17) is 5.10 Å². The summed E-state index contributed by atoms with van der Waals surface area (Å²) in [5.74, 6) is 0.786. The quantitative estimate of drug-likeness (QED) is 0.409. The second-order valence-corrected chi connectivity index (χ2v) is 10.6. The fourth-order valence-corrected chi connectivity index (χ4v) is 6.71. The molecule has 8 nitrogen and oxygen atoms in total. The highest BCUT2D eigenvalue weighted by atomic mass is 32.2. The normalized spacial score (nSPS) is 21.2. The van der Waals surface area contributed by atoms with Crippen LogP contribution in [-0.2, 0) is 4.79 Å². The zero-order valence-electron chi connectivity index (χ0n) is 19.9. The Morgan fingerprint density at radius 3 is 2.69 bits per heavy atom. The summed E-state index contributed by atoms with van der Waals surface area (Å²) < 4.78 is 18.2. The second-order valence-electron chi connectivity index (χ2n) is 9.61. The summed E-state index contributed by atoms with van der Waals surface area (Å²) in [7, 11) is 0. The maximum atomic E-state index is 14.4. The molecule has 2 aliphatic rings. The van der Waals surface area contributed by atoms with Gasteiger partial charge in [0.05, 0.1) is 29.5 Å². The lowest BCUT2D eigenvalue weighted by Gasteiger charge is -2.19. The fraction of sp³-hybridized carbons (Fsp3) is 0.346. The predicted molar refractivity (Wildman–Crippen MR) is 132 cm³/mol. The number of rotatable bonds is 4. The molecule has 4 aromatic heterocycles. The summed E-state index contributed by atoms with van der Waals surface area (Å²) in [5.41, 5.74) is 3.95. The smallest absolute Gasteiger partial charge is 0.219 e. The van der Waals surface area contributed by atoms with Crippen LogP contribution in [0.5, 0.6) is 0 Å². The van der Waals surface area contributed by atoms with Crippen molar-refractivity contribution in [3.63, 3.8) is 0 Å². The number of fused-ring (bicyclic) bond motifs is 2. The molecule has 1 amide bonds. The molecule has 0 spiro atoms. The van der Waals surface area contributed by atoms with Gasteiger partial charge in [0.15, 0.2) is 5.82 Å². The SMILES string of the molecule is CC(=O)N1C[C@H]2C[C@H](n3ncc(-c4cc(Sc5ncccc5F)c5c(C#N)cnn5c4)c3C)C[C@H]2C1. The third kappa shape index (κ3) is 3.75. The predicted octanol–water partition coefficient (Wildman–Crippen LogP) is 4.49. The Hall–Kier alpha value is -3.71. The Bertz CT molecular complexity index is 1520. The van der Waals surface area contributed by atoms with E-state index in [0.29, 0.717) is 33.9 Å². The van der Waals surface area contributed by atoms with Crippen molar-refractivity contribution in [2.75, 3.05) is 13.1 Å². The van der Waals surface area contributed by atoms with E-state index in [1.807, 2.05) is 23.4 Å². The van der Waals surface area contributed by atoms with Gasteiger partial charge >= 0.3 is 0 Å². The van der Waals surface area contributed by atoms with Crippen LogP contribution in [0.4, 0.5) is 4.39 Å². The van der Waals surface area contributed by atoms with Gasteiger partial charge < -0.3 is 4.90 Å². The van der Waals surface area contributed by atoms with E-state index in [-0.39, 0.29) is 10.9 Å². The van der Waals surface area contributed by atoms with Crippen LogP contribution in [0.1, 0.15) is 37.1 Å². The molecule has 0 bridgehead atoms. The van der Waals surface area contributed by atoms with Crippen LogP contribution in [0.15, 0.2) is 52.9 Å². The van der Waals surface area contributed by atoms with Gasteiger partial charge in [-0.2, -0.15) is 15.5 Å². The first-order valence-electron chi connectivity index (χ1n) is 11.9. The lowest BCUT2D eigenvalue weighted by atomic mass is 10.0. The van der Waals surface area contributed by atoms with Gasteiger partial charge in [0.1, 0.15) is 11.1 Å². The largest absolute Gasteiger partial charge is 0.342 e. The Morgan fingerprint density at radius 2 is 2.00 bits per heavy atom. The second kappa shape index (κ2) is 8.75. The number of hydrogen-bond acceptors (Lipinski definition) is 6. The van der Waals surface area contributed by atoms with Crippen molar-refractivity contribution in [3.8, 4) is 17.2 Å². The van der Waals surface area contributed by atoms with Crippen LogP contribution in [0.25, 0.3) is 16.6 Å². The molecule has 0 unspecified atom stereocenters. The van der Waals surface area contributed by atoms with Crippen molar-refractivity contribution in [2.24, 2.45) is 11.8 Å². The number of hydrogen-bond donors (Lipinski definition) is 0. The van der Waals surface area contributed by atoms with Gasteiger partial charge in [0, 0.05) is 54.1 Å². The van der Waals surface area contributed by atoms with Gasteiger partial charge in [0.2, 0.25) is 5.91 Å². The maximum absolute atomic E-state index is 14.4. The highest BCUT2D eigenvalue weighted by molar-refractivity contribution is 7.99. The van der Waals surface area contributed by atoms with Crippen molar-refractivity contribution < 1.29 is 9.18 Å². The third-order valence-electron chi connectivity index (χ3n) is 7.50. The van der Waals surface area contributed by atoms with Crippen molar-refractivity contribution in [3.05, 3.63) is 60.1 Å². The first-order valence-corrected chi connectivity index (χ1v) is 12.7. The van der Waals surface area contributed by atoms with E-state index < -0.39 is 5.82 Å². The first-order chi connectivity index (χ1) is 17.4. The molecule has 1 aliphatic heterocycles. The Labute approximate surface area is 211 Å². The zero-order chi connectivity index (χ0) is 25.0. The standard InChI is InChI=1S/C26H24FN7OS/c1-15-22(11-31-34(15)21-6-17-12-32(16(2)35)13-18(17)7-21)19-8-24(36-26-23(27)4-3-5-29-26)25-20(9-28)10-30-33(25)14-19/h3-5,8,10-11,14,17-18,21H,6-7,12-13H2,1-2H3/t17-,18+,21+. The molecule has 2 fully saturated rings. The molecule has 4 aromatic rings. The van der Waals surface area contributed by atoms with Gasteiger partial charge in [-0.25, -0.2) is 13.9 Å². The number of amides is 1. The molecule has 3 atom stereocenters. The minimum absolute atomic E-state index is 0.159. The van der Waals surface area contributed by atoms with Gasteiger partial charge in [-0.1, -0.05) is 11.8 Å². The lowest BCUT2D eigenvalue weighted by Crippen LogP contribution is -2.27. The molecule has 0 aromatic carbocycles. The third-order valence-corrected chi connectivity index (χ3v) is 8.53. The van der Waals surface area contributed by atoms with Crippen molar-refractivity contribution in [1.82, 2.24) is 29.3 Å². The lowest BCUT2D eigenvalue weighted by molar-refractivity contribution is -0.128. The van der Waals surface area contributed by atoms with Crippen molar-refractivity contribution in [1.29, 1.82) is 5.26 Å². The summed E-state index contributed by atoms with van der Waals surface area (Å²) in [6.45, 7) is 5.39. The van der Waals surface area contributed by atoms with Crippen LogP contribution in [-0.4, -0.2) is 48.3 Å². The zero-order valence-corrected chi connectivity index (χ0v) is 20.7. The molecule has 0 radical (unpaired) electrons. The molecule has 10 heteroatoms. The molecule has 0 N–H and O–H groups in total. The Kier molecular flexibility index (Phi) is 5.52. The number of nitriles is 1. The summed E-state index contributed by atoms with van der Waals surface area (Å²) >= 11 is 1.18. The summed E-state index contributed by atoms with van der Waals surface area (Å²) in [4.78, 5) is 18.6. The topological polar surface area (TPSA) is 92.1 Å². The summed E-state index contributed by atoms with van der Waals surface area (Å²) in [6, 6.07) is 7.37. The minimum atomic E-state index is -0.414. The van der Waals surface area contributed by atoms with Crippen LogP contribution in [0.3, 0.4) is 0 Å². The van der Waals surface area contributed by atoms with E-state index in [2.05, 4.69) is 27.8 Å². The summed E-state index contributed by atoms with van der Waals surface area (Å²) in [6.07, 6.45) is 8.86.